The maximum absolute atomic E-state index is 2.30. The molecule has 0 radical (unpaired) electrons. The topological polar surface area (TPSA) is 3.88 Å². The van der Waals surface area contributed by atoms with Gasteiger partial charge in [-0.15, -0.1) is 0 Å². The molecule has 0 N–H and O–H groups in total. The van der Waals surface area contributed by atoms with E-state index in [0.717, 1.165) is 13.0 Å². The minimum Gasteiger partial charge on any atom is -0.204 e. The Labute approximate surface area is 123 Å². The quantitative estimate of drug-likeness (QED) is 0.692. The van der Waals surface area contributed by atoms with Crippen LogP contribution in [-0.2, 0) is 19.4 Å². The lowest BCUT2D eigenvalue weighted by Crippen LogP contribution is -2.34. The third-order valence-corrected chi connectivity index (χ3v) is 3.69. The van der Waals surface area contributed by atoms with E-state index in [4.69, 9.17) is 0 Å². The highest BCUT2D eigenvalue weighted by molar-refractivity contribution is 5.22. The molecule has 0 aliphatic rings. The van der Waals surface area contributed by atoms with Crippen LogP contribution < -0.4 is 4.57 Å². The molecule has 0 aliphatic heterocycles. The van der Waals surface area contributed by atoms with Crippen LogP contribution in [-0.4, -0.2) is 0 Å². The number of unbranched alkanes of at least 4 members (excludes halogenated alkanes) is 1. The molecule has 0 saturated heterocycles. The maximum atomic E-state index is 2.30. The Hall–Kier alpha value is -1.63. The van der Waals surface area contributed by atoms with Gasteiger partial charge >= 0.3 is 0 Å². The van der Waals surface area contributed by atoms with Gasteiger partial charge in [-0.3, -0.25) is 0 Å². The molecule has 1 aromatic carbocycles. The Balaban J connectivity index is 1.93. The van der Waals surface area contributed by atoms with E-state index in [1.807, 2.05) is 0 Å². The van der Waals surface area contributed by atoms with E-state index in [2.05, 4.69) is 68.1 Å². The van der Waals surface area contributed by atoms with Gasteiger partial charge in [0.2, 0.25) is 0 Å². The molecule has 2 rings (SSSR count). The minimum absolute atomic E-state index is 1.05. The summed E-state index contributed by atoms with van der Waals surface area (Å²) in [5.41, 5.74) is 5.56. The van der Waals surface area contributed by atoms with E-state index in [-0.39, 0.29) is 0 Å². The van der Waals surface area contributed by atoms with Crippen molar-refractivity contribution in [2.45, 2.75) is 53.0 Å². The number of benzene rings is 1. The van der Waals surface area contributed by atoms with Crippen LogP contribution in [0.2, 0.25) is 0 Å². The highest BCUT2D eigenvalue weighted by atomic mass is 14.9. The summed E-state index contributed by atoms with van der Waals surface area (Å²) in [7, 11) is 0. The van der Waals surface area contributed by atoms with Gasteiger partial charge in [0.05, 0.1) is 0 Å². The van der Waals surface area contributed by atoms with Crippen LogP contribution in [0.4, 0.5) is 0 Å². The predicted molar refractivity (Wildman–Crippen MR) is 84.9 cm³/mol. The summed E-state index contributed by atoms with van der Waals surface area (Å²) in [6.07, 6.45) is 9.32. The lowest BCUT2D eigenvalue weighted by atomic mass is 10.0. The molecule has 0 saturated carbocycles. The number of aromatic nitrogens is 1. The fraction of sp³-hybridized carbons (Fsp3) is 0.421. The fourth-order valence-electron chi connectivity index (χ4n) is 2.63. The zero-order valence-electron chi connectivity index (χ0n) is 13.0. The first-order valence-electron chi connectivity index (χ1n) is 7.72. The van der Waals surface area contributed by atoms with E-state index >= 15 is 0 Å². The number of hydrogen-bond acceptors (Lipinski definition) is 0. The van der Waals surface area contributed by atoms with Crippen molar-refractivity contribution in [2.75, 3.05) is 0 Å². The van der Waals surface area contributed by atoms with Crippen molar-refractivity contribution >= 4 is 0 Å². The average molecular weight is 268 g/mol. The van der Waals surface area contributed by atoms with Gasteiger partial charge in [-0.05, 0) is 43.9 Å². The highest BCUT2D eigenvalue weighted by Crippen LogP contribution is 2.08. The number of hydrogen-bond donors (Lipinski definition) is 0. The van der Waals surface area contributed by atoms with Crippen molar-refractivity contribution < 1.29 is 4.57 Å². The fourth-order valence-corrected chi connectivity index (χ4v) is 2.63. The van der Waals surface area contributed by atoms with Crippen LogP contribution in [0.3, 0.4) is 0 Å². The standard InChI is InChI=1S/C19H26N/c1-4-5-6-18-7-9-19(10-8-18)11-12-20-14-16(2)13-17(3)15-20/h7-10,13-15H,4-6,11-12H2,1-3H3/q+1. The summed E-state index contributed by atoms with van der Waals surface area (Å²) in [5, 5.41) is 0. The van der Waals surface area contributed by atoms with Gasteiger partial charge < -0.3 is 0 Å². The van der Waals surface area contributed by atoms with Crippen molar-refractivity contribution in [1.82, 2.24) is 0 Å². The molecule has 0 amide bonds. The molecule has 20 heavy (non-hydrogen) atoms. The Morgan fingerprint density at radius 2 is 1.40 bits per heavy atom. The first kappa shape index (κ1) is 14.8. The molecule has 0 spiro atoms. The van der Waals surface area contributed by atoms with E-state index < -0.39 is 0 Å². The van der Waals surface area contributed by atoms with E-state index in [0.29, 0.717) is 0 Å². The van der Waals surface area contributed by atoms with Crippen LogP contribution in [0.15, 0.2) is 42.7 Å². The largest absolute Gasteiger partial charge is 0.204 e. The molecule has 0 atom stereocenters. The summed E-state index contributed by atoms with van der Waals surface area (Å²) >= 11 is 0. The number of rotatable bonds is 6. The zero-order chi connectivity index (χ0) is 14.4. The van der Waals surface area contributed by atoms with Crippen molar-refractivity contribution in [3.05, 3.63) is 65.0 Å². The second-order valence-corrected chi connectivity index (χ2v) is 5.80. The molecule has 1 aromatic heterocycles. The Morgan fingerprint density at radius 1 is 0.850 bits per heavy atom. The molecule has 0 fully saturated rings. The van der Waals surface area contributed by atoms with Crippen molar-refractivity contribution in [3.8, 4) is 0 Å². The van der Waals surface area contributed by atoms with Gasteiger partial charge in [-0.2, -0.15) is 0 Å². The monoisotopic (exact) mass is 268 g/mol. The van der Waals surface area contributed by atoms with Crippen LogP contribution >= 0.6 is 0 Å². The third kappa shape index (κ3) is 4.48. The van der Waals surface area contributed by atoms with Gasteiger partial charge in [-0.25, -0.2) is 4.57 Å². The van der Waals surface area contributed by atoms with Crippen molar-refractivity contribution in [3.63, 3.8) is 0 Å². The van der Waals surface area contributed by atoms with Gasteiger partial charge in [0.15, 0.2) is 18.9 Å². The molecule has 1 heteroatoms. The van der Waals surface area contributed by atoms with Crippen molar-refractivity contribution in [2.24, 2.45) is 0 Å². The van der Waals surface area contributed by atoms with E-state index in [1.54, 1.807) is 0 Å². The lowest BCUT2D eigenvalue weighted by Gasteiger charge is -2.03. The molecule has 0 unspecified atom stereocenters. The zero-order valence-corrected chi connectivity index (χ0v) is 13.0. The summed E-state index contributed by atoms with van der Waals surface area (Å²) in [4.78, 5) is 0. The van der Waals surface area contributed by atoms with Gasteiger partial charge in [0.1, 0.15) is 0 Å². The predicted octanol–water partition coefficient (Wildman–Crippen LogP) is 4.18. The second kappa shape index (κ2) is 7.23. The lowest BCUT2D eigenvalue weighted by molar-refractivity contribution is -0.697. The molecule has 106 valence electrons. The Kier molecular flexibility index (Phi) is 5.34. The minimum atomic E-state index is 1.05. The second-order valence-electron chi connectivity index (χ2n) is 5.80. The number of pyridine rings is 1. The van der Waals surface area contributed by atoms with Crippen molar-refractivity contribution in [1.29, 1.82) is 0 Å². The molecular weight excluding hydrogens is 242 g/mol. The Morgan fingerprint density at radius 3 is 1.95 bits per heavy atom. The normalized spacial score (nSPS) is 10.8. The third-order valence-electron chi connectivity index (χ3n) is 3.69. The van der Waals surface area contributed by atoms with Crippen LogP contribution in [0, 0.1) is 13.8 Å². The molecule has 0 bridgehead atoms. The smallest absolute Gasteiger partial charge is 0.171 e. The first-order valence-corrected chi connectivity index (χ1v) is 7.72. The van der Waals surface area contributed by atoms with Gasteiger partial charge in [0, 0.05) is 17.5 Å². The molecule has 0 aliphatic carbocycles. The molecule has 1 heterocycles. The van der Waals surface area contributed by atoms with Gasteiger partial charge in [-0.1, -0.05) is 37.6 Å². The van der Waals surface area contributed by atoms with Crippen LogP contribution in [0.25, 0.3) is 0 Å². The molecule has 2 aromatic rings. The maximum Gasteiger partial charge on any atom is 0.171 e. The van der Waals surface area contributed by atoms with Crippen LogP contribution in [0.5, 0.6) is 0 Å². The number of nitrogens with zero attached hydrogens (tertiary/aromatic N) is 1. The van der Waals surface area contributed by atoms with Crippen LogP contribution in [0.1, 0.15) is 42.0 Å². The summed E-state index contributed by atoms with van der Waals surface area (Å²) in [5.74, 6) is 0. The van der Waals surface area contributed by atoms with Gasteiger partial charge in [0.25, 0.3) is 0 Å². The summed E-state index contributed by atoms with van der Waals surface area (Å²) < 4.78 is 2.30. The SMILES string of the molecule is CCCCc1ccc(CC[n+]2cc(C)cc(C)c2)cc1. The first-order chi connectivity index (χ1) is 9.67. The summed E-state index contributed by atoms with van der Waals surface area (Å²) in [6.45, 7) is 7.62. The molecular formula is C19H26N+. The van der Waals surface area contributed by atoms with E-state index in [1.165, 1.54) is 41.5 Å². The summed E-state index contributed by atoms with van der Waals surface area (Å²) in [6, 6.07) is 11.4. The average Bonchev–Trinajstić information content (AvgIpc) is 2.43. The highest BCUT2D eigenvalue weighted by Gasteiger charge is 2.04. The Bertz CT molecular complexity index is 520. The van der Waals surface area contributed by atoms with E-state index in [9.17, 15) is 0 Å². The number of aryl methyl sites for hydroxylation is 5. The molecule has 1 nitrogen and oxygen atoms in total.